The van der Waals surface area contributed by atoms with Crippen molar-refractivity contribution >= 4 is 0 Å². The average molecular weight is 130 g/mol. The van der Waals surface area contributed by atoms with Gasteiger partial charge in [-0.15, -0.1) is 0 Å². The topological polar surface area (TPSA) is 29.3 Å². The number of hydrogen-bond donors (Lipinski definition) is 1. The van der Waals surface area contributed by atoms with E-state index in [1.807, 2.05) is 0 Å². The van der Waals surface area contributed by atoms with Crippen LogP contribution in [-0.4, -0.2) is 31.1 Å². The molecule has 2 N–H and O–H groups in total. The first-order valence-electron chi connectivity index (χ1n) is 3.64. The number of nitrogens with two attached hydrogens (primary N) is 1. The standard InChI is InChI=1S/C7H16N2.H2/c1-9(2)7-5-3-4-6(7)8;/h6-7H,3-5,8H2,1-2H3;1H/t6-,7-;/m0./s1. The Morgan fingerprint density at radius 3 is 2.33 bits per heavy atom. The molecule has 1 saturated carbocycles. The molecule has 0 spiro atoms. The summed E-state index contributed by atoms with van der Waals surface area (Å²) < 4.78 is 0. The zero-order valence-corrected chi connectivity index (χ0v) is 6.30. The third kappa shape index (κ3) is 1.43. The summed E-state index contributed by atoms with van der Waals surface area (Å²) in [6.07, 6.45) is 3.81. The van der Waals surface area contributed by atoms with Crippen LogP contribution in [0.15, 0.2) is 0 Å². The van der Waals surface area contributed by atoms with Crippen molar-refractivity contribution < 1.29 is 1.43 Å². The molecule has 56 valence electrons. The van der Waals surface area contributed by atoms with Crippen molar-refractivity contribution in [2.45, 2.75) is 31.3 Å². The highest BCUT2D eigenvalue weighted by molar-refractivity contribution is 4.85. The molecule has 9 heavy (non-hydrogen) atoms. The van der Waals surface area contributed by atoms with Gasteiger partial charge in [-0.3, -0.25) is 0 Å². The second-order valence-corrected chi connectivity index (χ2v) is 3.13. The predicted octanol–water partition coefficient (Wildman–Crippen LogP) is 0.674. The molecule has 0 aromatic carbocycles. The quantitative estimate of drug-likeness (QED) is 0.565. The van der Waals surface area contributed by atoms with E-state index >= 15 is 0 Å². The van der Waals surface area contributed by atoms with Crippen LogP contribution in [0.1, 0.15) is 20.7 Å². The minimum atomic E-state index is 0. The molecular weight excluding hydrogens is 112 g/mol. The van der Waals surface area contributed by atoms with Crippen molar-refractivity contribution in [3.05, 3.63) is 0 Å². The molecule has 2 nitrogen and oxygen atoms in total. The molecule has 0 aromatic heterocycles. The van der Waals surface area contributed by atoms with Gasteiger partial charge in [0.05, 0.1) is 0 Å². The molecular formula is C7H18N2. The van der Waals surface area contributed by atoms with Gasteiger partial charge >= 0.3 is 0 Å². The molecule has 1 aliphatic rings. The summed E-state index contributed by atoms with van der Waals surface area (Å²) in [6.45, 7) is 0. The zero-order chi connectivity index (χ0) is 6.85. The summed E-state index contributed by atoms with van der Waals surface area (Å²) in [7, 11) is 4.21. The first-order valence-corrected chi connectivity index (χ1v) is 3.64. The molecule has 1 aliphatic carbocycles. The SMILES string of the molecule is CN(C)[C@H]1CCC[C@@H]1N.[HH]. The van der Waals surface area contributed by atoms with E-state index in [1.54, 1.807) is 0 Å². The molecule has 0 heterocycles. The van der Waals surface area contributed by atoms with E-state index < -0.39 is 0 Å². The smallest absolute Gasteiger partial charge is 0.0241 e. The van der Waals surface area contributed by atoms with E-state index in [4.69, 9.17) is 5.73 Å². The van der Waals surface area contributed by atoms with Gasteiger partial charge in [-0.1, -0.05) is 6.42 Å². The Bertz CT molecular complexity index is 95.6. The third-order valence-electron chi connectivity index (χ3n) is 2.19. The van der Waals surface area contributed by atoms with Crippen LogP contribution in [0, 0.1) is 0 Å². The van der Waals surface area contributed by atoms with Crippen molar-refractivity contribution in [2.24, 2.45) is 5.73 Å². The van der Waals surface area contributed by atoms with E-state index in [-0.39, 0.29) is 1.43 Å². The first-order chi connectivity index (χ1) is 4.22. The molecule has 2 atom stereocenters. The van der Waals surface area contributed by atoms with Gasteiger partial charge in [-0.25, -0.2) is 0 Å². The van der Waals surface area contributed by atoms with E-state index in [0.29, 0.717) is 12.1 Å². The Labute approximate surface area is 58.5 Å². The van der Waals surface area contributed by atoms with Crippen LogP contribution in [0.5, 0.6) is 0 Å². The lowest BCUT2D eigenvalue weighted by Crippen LogP contribution is -2.39. The summed E-state index contributed by atoms with van der Waals surface area (Å²) in [5.74, 6) is 0. The van der Waals surface area contributed by atoms with Gasteiger partial charge in [-0.2, -0.15) is 0 Å². The minimum absolute atomic E-state index is 0. The summed E-state index contributed by atoms with van der Waals surface area (Å²) in [6, 6.07) is 1.07. The monoisotopic (exact) mass is 130 g/mol. The van der Waals surface area contributed by atoms with Crippen molar-refractivity contribution in [1.82, 2.24) is 4.90 Å². The van der Waals surface area contributed by atoms with Crippen molar-refractivity contribution in [3.63, 3.8) is 0 Å². The Hall–Kier alpha value is -0.0800. The normalized spacial score (nSPS) is 36.0. The average Bonchev–Trinajstić information content (AvgIpc) is 2.13. The highest BCUT2D eigenvalue weighted by atomic mass is 15.1. The van der Waals surface area contributed by atoms with Crippen molar-refractivity contribution in [3.8, 4) is 0 Å². The van der Waals surface area contributed by atoms with Crippen LogP contribution < -0.4 is 5.73 Å². The molecule has 0 unspecified atom stereocenters. The number of rotatable bonds is 1. The fourth-order valence-electron chi connectivity index (χ4n) is 1.61. The Morgan fingerprint density at radius 1 is 1.44 bits per heavy atom. The zero-order valence-electron chi connectivity index (χ0n) is 6.30. The molecule has 0 aromatic rings. The molecule has 0 radical (unpaired) electrons. The maximum Gasteiger partial charge on any atom is 0.0241 e. The lowest BCUT2D eigenvalue weighted by atomic mass is 10.2. The molecule has 0 aliphatic heterocycles. The van der Waals surface area contributed by atoms with Crippen LogP contribution in [-0.2, 0) is 0 Å². The van der Waals surface area contributed by atoms with Gasteiger partial charge in [0.25, 0.3) is 0 Å². The van der Waals surface area contributed by atoms with Crippen LogP contribution in [0.3, 0.4) is 0 Å². The maximum atomic E-state index is 5.84. The van der Waals surface area contributed by atoms with Crippen molar-refractivity contribution in [2.75, 3.05) is 14.1 Å². The second kappa shape index (κ2) is 2.67. The molecule has 1 rings (SSSR count). The molecule has 2 heteroatoms. The van der Waals surface area contributed by atoms with Crippen LogP contribution in [0.4, 0.5) is 0 Å². The molecule has 0 amide bonds. The molecule has 0 bridgehead atoms. The van der Waals surface area contributed by atoms with E-state index in [2.05, 4.69) is 19.0 Å². The summed E-state index contributed by atoms with van der Waals surface area (Å²) in [4.78, 5) is 2.23. The number of likely N-dealkylation sites (N-methyl/N-ethyl adjacent to an activating group) is 1. The van der Waals surface area contributed by atoms with Crippen molar-refractivity contribution in [1.29, 1.82) is 0 Å². The minimum Gasteiger partial charge on any atom is -0.326 e. The fraction of sp³-hybridized carbons (Fsp3) is 1.00. The molecule has 0 saturated heterocycles. The third-order valence-corrected chi connectivity index (χ3v) is 2.19. The maximum absolute atomic E-state index is 5.84. The lowest BCUT2D eigenvalue weighted by molar-refractivity contribution is 0.277. The Kier molecular flexibility index (Phi) is 2.09. The van der Waals surface area contributed by atoms with Crippen LogP contribution in [0.2, 0.25) is 0 Å². The fourth-order valence-corrected chi connectivity index (χ4v) is 1.61. The summed E-state index contributed by atoms with van der Waals surface area (Å²) in [5.41, 5.74) is 5.84. The lowest BCUT2D eigenvalue weighted by Gasteiger charge is -2.22. The van der Waals surface area contributed by atoms with E-state index in [1.165, 1.54) is 19.3 Å². The Morgan fingerprint density at radius 2 is 2.11 bits per heavy atom. The summed E-state index contributed by atoms with van der Waals surface area (Å²) in [5, 5.41) is 0. The molecule has 1 fully saturated rings. The van der Waals surface area contributed by atoms with Gasteiger partial charge in [0.2, 0.25) is 0 Å². The largest absolute Gasteiger partial charge is 0.326 e. The predicted molar refractivity (Wildman–Crippen MR) is 41.4 cm³/mol. The van der Waals surface area contributed by atoms with Gasteiger partial charge in [-0.05, 0) is 26.9 Å². The second-order valence-electron chi connectivity index (χ2n) is 3.13. The number of nitrogens with zero attached hydrogens (tertiary/aromatic N) is 1. The van der Waals surface area contributed by atoms with Gasteiger partial charge in [0, 0.05) is 13.5 Å². The van der Waals surface area contributed by atoms with E-state index in [0.717, 1.165) is 0 Å². The van der Waals surface area contributed by atoms with Crippen LogP contribution in [0.25, 0.3) is 0 Å². The van der Waals surface area contributed by atoms with Gasteiger partial charge in [0.15, 0.2) is 0 Å². The highest BCUT2D eigenvalue weighted by Gasteiger charge is 2.24. The van der Waals surface area contributed by atoms with Gasteiger partial charge < -0.3 is 10.6 Å². The van der Waals surface area contributed by atoms with E-state index in [9.17, 15) is 0 Å². The Balaban J connectivity index is 0.000000810. The number of hydrogen-bond acceptors (Lipinski definition) is 2. The van der Waals surface area contributed by atoms with Gasteiger partial charge in [0.1, 0.15) is 0 Å². The summed E-state index contributed by atoms with van der Waals surface area (Å²) >= 11 is 0. The van der Waals surface area contributed by atoms with Crippen LogP contribution >= 0.6 is 0 Å². The highest BCUT2D eigenvalue weighted by Crippen LogP contribution is 2.20. The first kappa shape index (κ1) is 7.03.